The summed E-state index contributed by atoms with van der Waals surface area (Å²) in [6, 6.07) is 12.8. The van der Waals surface area contributed by atoms with Crippen LogP contribution in [0, 0.1) is 6.92 Å². The molecular weight excluding hydrogens is 358 g/mol. The van der Waals surface area contributed by atoms with Crippen LogP contribution in [-0.4, -0.2) is 20.2 Å². The fraction of sp³-hybridized carbons (Fsp3) is 0.250. The molecule has 27 heavy (non-hydrogen) atoms. The Morgan fingerprint density at radius 3 is 2.74 bits per heavy atom. The Morgan fingerprint density at radius 2 is 1.96 bits per heavy atom. The van der Waals surface area contributed by atoms with Crippen LogP contribution in [0.3, 0.4) is 0 Å². The Labute approximate surface area is 159 Å². The van der Waals surface area contributed by atoms with E-state index in [0.29, 0.717) is 10.7 Å². The molecule has 3 aromatic heterocycles. The van der Waals surface area contributed by atoms with E-state index in [0.717, 1.165) is 40.3 Å². The van der Waals surface area contributed by atoms with Crippen LogP contribution in [0.25, 0.3) is 20.7 Å². The van der Waals surface area contributed by atoms with Crippen molar-refractivity contribution < 1.29 is 0 Å². The Kier molecular flexibility index (Phi) is 3.91. The molecule has 0 amide bonds. The van der Waals surface area contributed by atoms with Gasteiger partial charge in [-0.2, -0.15) is 5.10 Å². The van der Waals surface area contributed by atoms with Gasteiger partial charge in [0.2, 0.25) is 0 Å². The summed E-state index contributed by atoms with van der Waals surface area (Å²) in [6.45, 7) is 1.97. The van der Waals surface area contributed by atoms with Gasteiger partial charge >= 0.3 is 0 Å². The highest BCUT2D eigenvalue weighted by molar-refractivity contribution is 7.22. The third-order valence-corrected chi connectivity index (χ3v) is 6.33. The van der Waals surface area contributed by atoms with E-state index in [2.05, 4.69) is 44.8 Å². The van der Waals surface area contributed by atoms with Crippen LogP contribution in [0.1, 0.15) is 42.0 Å². The predicted molar refractivity (Wildman–Crippen MR) is 107 cm³/mol. The van der Waals surface area contributed by atoms with E-state index in [1.165, 1.54) is 16.9 Å². The molecule has 1 saturated heterocycles. The van der Waals surface area contributed by atoms with Crippen molar-refractivity contribution in [2.75, 3.05) is 0 Å². The summed E-state index contributed by atoms with van der Waals surface area (Å²) in [5.41, 5.74) is 3.96. The summed E-state index contributed by atoms with van der Waals surface area (Å²) in [7, 11) is 0. The van der Waals surface area contributed by atoms with Crippen molar-refractivity contribution >= 4 is 21.6 Å². The minimum atomic E-state index is -0.0719. The van der Waals surface area contributed by atoms with Crippen LogP contribution in [0.5, 0.6) is 0 Å². The molecule has 6 nitrogen and oxygen atoms in total. The van der Waals surface area contributed by atoms with Gasteiger partial charge in [-0.15, -0.1) is 11.3 Å². The van der Waals surface area contributed by atoms with E-state index >= 15 is 0 Å². The highest BCUT2D eigenvalue weighted by Crippen LogP contribution is 2.35. The topological polar surface area (TPSA) is 86.5 Å². The highest BCUT2D eigenvalue weighted by Gasteiger charge is 2.28. The first-order chi connectivity index (χ1) is 13.2. The first-order valence-electron chi connectivity index (χ1n) is 9.04. The number of thiophene rings is 1. The van der Waals surface area contributed by atoms with Crippen LogP contribution in [0.2, 0.25) is 0 Å². The normalized spacial score (nSPS) is 19.7. The lowest BCUT2D eigenvalue weighted by Crippen LogP contribution is -2.22. The van der Waals surface area contributed by atoms with Gasteiger partial charge < -0.3 is 10.3 Å². The van der Waals surface area contributed by atoms with Crippen LogP contribution in [-0.2, 0) is 0 Å². The molecule has 1 fully saturated rings. The third kappa shape index (κ3) is 2.89. The van der Waals surface area contributed by atoms with Gasteiger partial charge in [-0.1, -0.05) is 30.3 Å². The number of aromatic nitrogens is 4. The summed E-state index contributed by atoms with van der Waals surface area (Å²) in [5, 5.41) is 10.6. The molecular formula is C20H19N5OS. The molecule has 1 aliphatic heterocycles. The number of nitrogens with zero attached hydrogens (tertiary/aromatic N) is 2. The number of rotatable bonds is 3. The van der Waals surface area contributed by atoms with Crippen molar-refractivity contribution in [3.05, 3.63) is 70.0 Å². The smallest absolute Gasteiger partial charge is 0.268 e. The van der Waals surface area contributed by atoms with Gasteiger partial charge in [0, 0.05) is 22.2 Å². The zero-order valence-corrected chi connectivity index (χ0v) is 15.6. The monoisotopic (exact) mass is 377 g/mol. The molecule has 2 atom stereocenters. The molecule has 4 aromatic rings. The minimum Gasteiger partial charge on any atom is -0.308 e. The second kappa shape index (κ2) is 6.44. The van der Waals surface area contributed by atoms with Crippen molar-refractivity contribution in [2.24, 2.45) is 0 Å². The number of hydrogen-bond acceptors (Lipinski definition) is 5. The van der Waals surface area contributed by atoms with E-state index < -0.39 is 0 Å². The molecule has 0 radical (unpaired) electrons. The molecule has 0 spiro atoms. The van der Waals surface area contributed by atoms with E-state index in [9.17, 15) is 4.79 Å². The Bertz CT molecular complexity index is 1160. The van der Waals surface area contributed by atoms with Gasteiger partial charge in [0.15, 0.2) is 0 Å². The molecule has 5 rings (SSSR count). The standard InChI is InChI=1S/C20H19N5OS/c1-11-13(10-21-25-11)17-9-16-18(27-17)20(26)24-19(23-16)15-8-7-14(22-15)12-5-3-2-4-6-12/h2-6,9-10,14-15,22H,7-8H2,1H3,(H,21,25)(H,23,24,26)/t14-,15?/m1/s1. The van der Waals surface area contributed by atoms with E-state index in [1.807, 2.05) is 19.1 Å². The lowest BCUT2D eigenvalue weighted by molar-refractivity contribution is 0.551. The maximum Gasteiger partial charge on any atom is 0.268 e. The quantitative estimate of drug-likeness (QED) is 0.506. The fourth-order valence-electron chi connectivity index (χ4n) is 3.76. The SMILES string of the molecule is Cc1[nH]ncc1-c1cc2nc(C3CC[C@H](c4ccccc4)N3)[nH]c(=O)c2s1. The van der Waals surface area contributed by atoms with Crippen LogP contribution in [0.15, 0.2) is 47.4 Å². The Morgan fingerprint density at radius 1 is 1.15 bits per heavy atom. The van der Waals surface area contributed by atoms with Crippen molar-refractivity contribution in [2.45, 2.75) is 31.8 Å². The fourth-order valence-corrected chi connectivity index (χ4v) is 4.82. The maximum absolute atomic E-state index is 12.6. The number of fused-ring (bicyclic) bond motifs is 1. The van der Waals surface area contributed by atoms with Gasteiger partial charge in [0.1, 0.15) is 10.5 Å². The largest absolute Gasteiger partial charge is 0.308 e. The van der Waals surface area contributed by atoms with Gasteiger partial charge in [-0.05, 0) is 31.4 Å². The summed E-state index contributed by atoms with van der Waals surface area (Å²) >= 11 is 1.46. The third-order valence-electron chi connectivity index (χ3n) is 5.17. The zero-order chi connectivity index (χ0) is 18.4. The van der Waals surface area contributed by atoms with Crippen LogP contribution in [0.4, 0.5) is 0 Å². The zero-order valence-electron chi connectivity index (χ0n) is 14.8. The van der Waals surface area contributed by atoms with Gasteiger partial charge in [0.25, 0.3) is 5.56 Å². The summed E-state index contributed by atoms with van der Waals surface area (Å²) in [6.07, 6.45) is 3.77. The second-order valence-electron chi connectivity index (χ2n) is 6.94. The Hall–Kier alpha value is -2.77. The molecule has 1 unspecified atom stereocenters. The Balaban J connectivity index is 1.48. The van der Waals surface area contributed by atoms with Gasteiger partial charge in [-0.25, -0.2) is 4.98 Å². The van der Waals surface area contributed by atoms with E-state index in [1.54, 1.807) is 6.20 Å². The lowest BCUT2D eigenvalue weighted by Gasteiger charge is -2.14. The molecule has 3 N–H and O–H groups in total. The average molecular weight is 377 g/mol. The number of aromatic amines is 2. The van der Waals surface area contributed by atoms with Crippen LogP contribution >= 0.6 is 11.3 Å². The second-order valence-corrected chi connectivity index (χ2v) is 8.00. The number of aryl methyl sites for hydroxylation is 1. The highest BCUT2D eigenvalue weighted by atomic mass is 32.1. The van der Waals surface area contributed by atoms with Gasteiger partial charge in [0.05, 0.1) is 17.8 Å². The van der Waals surface area contributed by atoms with Gasteiger partial charge in [-0.3, -0.25) is 9.89 Å². The van der Waals surface area contributed by atoms with E-state index in [-0.39, 0.29) is 11.6 Å². The molecule has 136 valence electrons. The lowest BCUT2D eigenvalue weighted by atomic mass is 10.1. The molecule has 4 heterocycles. The van der Waals surface area contributed by atoms with Crippen molar-refractivity contribution in [1.82, 2.24) is 25.5 Å². The molecule has 7 heteroatoms. The molecule has 0 saturated carbocycles. The summed E-state index contributed by atoms with van der Waals surface area (Å²) in [5.74, 6) is 0.721. The maximum atomic E-state index is 12.6. The summed E-state index contributed by atoms with van der Waals surface area (Å²) < 4.78 is 0.659. The first kappa shape index (κ1) is 16.4. The average Bonchev–Trinajstić information content (AvgIpc) is 3.41. The van der Waals surface area contributed by atoms with Crippen molar-refractivity contribution in [1.29, 1.82) is 0 Å². The van der Waals surface area contributed by atoms with Crippen molar-refractivity contribution in [3.63, 3.8) is 0 Å². The number of hydrogen-bond donors (Lipinski definition) is 3. The number of benzene rings is 1. The summed E-state index contributed by atoms with van der Waals surface area (Å²) in [4.78, 5) is 21.4. The molecule has 0 aliphatic carbocycles. The molecule has 0 bridgehead atoms. The van der Waals surface area contributed by atoms with Crippen molar-refractivity contribution in [3.8, 4) is 10.4 Å². The molecule has 1 aliphatic rings. The number of H-pyrrole nitrogens is 2. The minimum absolute atomic E-state index is 0.0614. The predicted octanol–water partition coefficient (Wildman–Crippen LogP) is 3.85. The number of nitrogens with one attached hydrogen (secondary N) is 3. The first-order valence-corrected chi connectivity index (χ1v) is 9.86. The van der Waals surface area contributed by atoms with Crippen LogP contribution < -0.4 is 10.9 Å². The molecule has 1 aromatic carbocycles. The van der Waals surface area contributed by atoms with E-state index in [4.69, 9.17) is 4.98 Å².